The van der Waals surface area contributed by atoms with Crippen LogP contribution in [0.15, 0.2) is 83.8 Å². The number of benzene rings is 3. The predicted octanol–water partition coefficient (Wildman–Crippen LogP) is 3.76. The average Bonchev–Trinajstić information content (AvgIpc) is 2.77. The molecule has 0 saturated heterocycles. The number of carbonyl (C=O) groups excluding carboxylic acids is 1. The first-order chi connectivity index (χ1) is 14.8. The van der Waals surface area contributed by atoms with Crippen molar-refractivity contribution in [3.63, 3.8) is 0 Å². The summed E-state index contributed by atoms with van der Waals surface area (Å²) in [5.74, 6) is -0.569. The van der Waals surface area contributed by atoms with Gasteiger partial charge in [0, 0.05) is 17.6 Å². The van der Waals surface area contributed by atoms with Gasteiger partial charge in [-0.1, -0.05) is 54.1 Å². The molecule has 8 nitrogen and oxygen atoms in total. The molecular weight excluding hydrogens is 442 g/mol. The van der Waals surface area contributed by atoms with Crippen molar-refractivity contribution in [1.29, 1.82) is 0 Å². The monoisotopic (exact) mass is 459 g/mol. The fourth-order valence-corrected chi connectivity index (χ4v) is 4.55. The minimum absolute atomic E-state index is 0.171. The quantitative estimate of drug-likeness (QED) is 0.407. The molecule has 0 aliphatic carbocycles. The number of anilines is 1. The van der Waals surface area contributed by atoms with Crippen molar-refractivity contribution >= 4 is 38.9 Å². The highest BCUT2D eigenvalue weighted by Gasteiger charge is 2.32. The summed E-state index contributed by atoms with van der Waals surface area (Å²) >= 11 is 5.85. The fraction of sp³-hybridized carbons (Fsp3) is 0.0952. The van der Waals surface area contributed by atoms with Crippen LogP contribution in [-0.2, 0) is 21.4 Å². The van der Waals surface area contributed by atoms with Crippen molar-refractivity contribution < 1.29 is 18.1 Å². The minimum Gasteiger partial charge on any atom is -0.350 e. The summed E-state index contributed by atoms with van der Waals surface area (Å²) in [6.45, 7) is -0.379. The van der Waals surface area contributed by atoms with Crippen molar-refractivity contribution in [3.05, 3.63) is 99.6 Å². The lowest BCUT2D eigenvalue weighted by atomic mass is 10.2. The van der Waals surface area contributed by atoms with Gasteiger partial charge in [-0.2, -0.15) is 0 Å². The Hall–Kier alpha value is -3.43. The van der Waals surface area contributed by atoms with Gasteiger partial charge in [0.2, 0.25) is 5.91 Å². The molecular formula is C21H18ClN3O5S. The van der Waals surface area contributed by atoms with Crippen LogP contribution in [0.2, 0.25) is 5.02 Å². The van der Waals surface area contributed by atoms with Crippen LogP contribution in [0.5, 0.6) is 0 Å². The summed E-state index contributed by atoms with van der Waals surface area (Å²) in [7, 11) is -4.40. The van der Waals surface area contributed by atoms with Gasteiger partial charge in [-0.3, -0.25) is 19.2 Å². The molecule has 0 heterocycles. The predicted molar refractivity (Wildman–Crippen MR) is 117 cm³/mol. The number of hydrogen-bond acceptors (Lipinski definition) is 5. The summed E-state index contributed by atoms with van der Waals surface area (Å²) in [5, 5.41) is 14.6. The Morgan fingerprint density at radius 3 is 2.23 bits per heavy atom. The number of para-hydroxylation sites is 2. The van der Waals surface area contributed by atoms with Gasteiger partial charge in [-0.05, 0) is 35.9 Å². The van der Waals surface area contributed by atoms with Crippen LogP contribution in [-0.4, -0.2) is 25.8 Å². The van der Waals surface area contributed by atoms with E-state index in [1.807, 2.05) is 0 Å². The molecule has 1 N–H and O–H groups in total. The number of nitro groups is 1. The smallest absolute Gasteiger partial charge is 0.289 e. The molecule has 3 aromatic rings. The number of nitrogens with zero attached hydrogens (tertiary/aromatic N) is 2. The molecule has 3 rings (SSSR count). The highest BCUT2D eigenvalue weighted by molar-refractivity contribution is 7.93. The molecule has 160 valence electrons. The van der Waals surface area contributed by atoms with Gasteiger partial charge in [0.05, 0.1) is 10.6 Å². The standard InChI is InChI=1S/C21H18ClN3O5S/c22-17-12-10-16(11-13-17)14-23-21(26)15-24(18-6-2-1-3-7-18)31(29,30)20-9-5-4-8-19(20)25(27)28/h1-13H,14-15H2,(H,23,26). The highest BCUT2D eigenvalue weighted by Crippen LogP contribution is 2.29. The van der Waals surface area contributed by atoms with E-state index in [4.69, 9.17) is 11.6 Å². The summed E-state index contributed by atoms with van der Waals surface area (Å²) in [6.07, 6.45) is 0. The molecule has 0 aliphatic heterocycles. The van der Waals surface area contributed by atoms with E-state index in [0.29, 0.717) is 5.02 Å². The second-order valence-electron chi connectivity index (χ2n) is 6.48. The van der Waals surface area contributed by atoms with Crippen molar-refractivity contribution in [2.45, 2.75) is 11.4 Å². The fourth-order valence-electron chi connectivity index (χ4n) is 2.84. The molecule has 0 bridgehead atoms. The number of amides is 1. The zero-order valence-corrected chi connectivity index (χ0v) is 17.7. The Morgan fingerprint density at radius 1 is 0.968 bits per heavy atom. The molecule has 0 radical (unpaired) electrons. The lowest BCUT2D eigenvalue weighted by Gasteiger charge is -2.24. The first kappa shape index (κ1) is 22.3. The number of carbonyl (C=O) groups is 1. The Kier molecular flexibility index (Phi) is 6.88. The maximum Gasteiger partial charge on any atom is 0.289 e. The van der Waals surface area contributed by atoms with Crippen LogP contribution in [0.3, 0.4) is 0 Å². The first-order valence-electron chi connectivity index (χ1n) is 9.11. The summed E-state index contributed by atoms with van der Waals surface area (Å²) in [6, 6.07) is 19.8. The molecule has 0 saturated carbocycles. The topological polar surface area (TPSA) is 110 Å². The van der Waals surface area contributed by atoms with E-state index in [1.165, 1.54) is 24.3 Å². The van der Waals surface area contributed by atoms with E-state index in [1.54, 1.807) is 42.5 Å². The Balaban J connectivity index is 1.89. The van der Waals surface area contributed by atoms with Crippen molar-refractivity contribution in [2.75, 3.05) is 10.8 Å². The molecule has 3 aromatic carbocycles. The maximum atomic E-state index is 13.3. The maximum absolute atomic E-state index is 13.3. The highest BCUT2D eigenvalue weighted by atomic mass is 35.5. The van der Waals surface area contributed by atoms with E-state index < -0.39 is 38.0 Å². The largest absolute Gasteiger partial charge is 0.350 e. The van der Waals surface area contributed by atoms with Gasteiger partial charge in [-0.25, -0.2) is 8.42 Å². The molecule has 0 aliphatic rings. The van der Waals surface area contributed by atoms with Gasteiger partial charge in [0.1, 0.15) is 6.54 Å². The summed E-state index contributed by atoms with van der Waals surface area (Å²) < 4.78 is 27.5. The zero-order chi connectivity index (χ0) is 22.4. The van der Waals surface area contributed by atoms with Crippen LogP contribution in [0, 0.1) is 10.1 Å². The summed E-state index contributed by atoms with van der Waals surface area (Å²) in [4.78, 5) is 22.7. The van der Waals surface area contributed by atoms with Crippen LogP contribution in [0.25, 0.3) is 0 Å². The first-order valence-corrected chi connectivity index (χ1v) is 10.9. The van der Waals surface area contributed by atoms with Gasteiger partial charge >= 0.3 is 0 Å². The zero-order valence-electron chi connectivity index (χ0n) is 16.1. The second-order valence-corrected chi connectivity index (χ2v) is 8.74. The molecule has 0 fully saturated rings. The molecule has 31 heavy (non-hydrogen) atoms. The lowest BCUT2D eigenvalue weighted by molar-refractivity contribution is -0.387. The molecule has 0 atom stereocenters. The molecule has 10 heteroatoms. The second kappa shape index (κ2) is 9.59. The van der Waals surface area contributed by atoms with Crippen molar-refractivity contribution in [3.8, 4) is 0 Å². The Morgan fingerprint density at radius 2 is 1.58 bits per heavy atom. The number of rotatable bonds is 8. The molecule has 0 spiro atoms. The third-order valence-electron chi connectivity index (χ3n) is 4.36. The van der Waals surface area contributed by atoms with E-state index in [2.05, 4.69) is 5.32 Å². The number of hydrogen-bond donors (Lipinski definition) is 1. The van der Waals surface area contributed by atoms with Gasteiger partial charge in [-0.15, -0.1) is 0 Å². The Bertz CT molecular complexity index is 1190. The SMILES string of the molecule is O=C(CN(c1ccccc1)S(=O)(=O)c1ccccc1[N+](=O)[O-])NCc1ccc(Cl)cc1. The third kappa shape index (κ3) is 5.39. The van der Waals surface area contributed by atoms with Crippen molar-refractivity contribution in [2.24, 2.45) is 0 Å². The normalized spacial score (nSPS) is 11.0. The van der Waals surface area contributed by atoms with Gasteiger partial charge < -0.3 is 5.32 Å². The molecule has 0 aromatic heterocycles. The van der Waals surface area contributed by atoms with Gasteiger partial charge in [0.25, 0.3) is 15.7 Å². The number of nitrogens with one attached hydrogen (secondary N) is 1. The van der Waals surface area contributed by atoms with E-state index in [-0.39, 0.29) is 12.2 Å². The number of halogens is 1. The van der Waals surface area contributed by atoms with Crippen molar-refractivity contribution in [1.82, 2.24) is 5.32 Å². The average molecular weight is 460 g/mol. The van der Waals surface area contributed by atoms with Crippen LogP contribution in [0.4, 0.5) is 11.4 Å². The van der Waals surface area contributed by atoms with E-state index in [9.17, 15) is 23.3 Å². The van der Waals surface area contributed by atoms with E-state index in [0.717, 1.165) is 22.0 Å². The molecule has 1 amide bonds. The van der Waals surface area contributed by atoms with E-state index >= 15 is 0 Å². The number of nitro benzene ring substituents is 1. The molecule has 0 unspecified atom stereocenters. The minimum atomic E-state index is -4.40. The summed E-state index contributed by atoms with van der Waals surface area (Å²) in [5.41, 5.74) is 0.429. The van der Waals surface area contributed by atoms with Crippen LogP contribution >= 0.6 is 11.6 Å². The van der Waals surface area contributed by atoms with Crippen LogP contribution < -0.4 is 9.62 Å². The third-order valence-corrected chi connectivity index (χ3v) is 6.44. The van der Waals surface area contributed by atoms with Gasteiger partial charge in [0.15, 0.2) is 4.90 Å². The lowest BCUT2D eigenvalue weighted by Crippen LogP contribution is -2.40. The van der Waals surface area contributed by atoms with Crippen LogP contribution in [0.1, 0.15) is 5.56 Å². The Labute approximate surface area is 184 Å². The number of sulfonamides is 1.